The highest BCUT2D eigenvalue weighted by molar-refractivity contribution is 7.99. The molecular weight excluding hydrogens is 264 g/mol. The molecule has 0 saturated heterocycles. The molecule has 3 heterocycles. The highest BCUT2D eigenvalue weighted by Crippen LogP contribution is 2.31. The summed E-state index contributed by atoms with van der Waals surface area (Å²) in [6, 6.07) is 3.56. The molecule has 96 valence electrons. The molecule has 0 saturated carbocycles. The van der Waals surface area contributed by atoms with Crippen molar-refractivity contribution in [2.45, 2.75) is 10.1 Å². The van der Waals surface area contributed by atoms with Crippen molar-refractivity contribution in [2.24, 2.45) is 0 Å². The van der Waals surface area contributed by atoms with E-state index in [0.29, 0.717) is 17.2 Å². The van der Waals surface area contributed by atoms with E-state index in [0.717, 1.165) is 15.6 Å². The lowest BCUT2D eigenvalue weighted by Gasteiger charge is -2.05. The van der Waals surface area contributed by atoms with Gasteiger partial charge in [-0.3, -0.25) is 0 Å². The van der Waals surface area contributed by atoms with Crippen molar-refractivity contribution in [3.8, 4) is 5.88 Å². The molecule has 3 aromatic heterocycles. The number of hydrogen-bond donors (Lipinski definition) is 2. The molecule has 0 aliphatic carbocycles. The molecule has 0 aromatic carbocycles. The first-order valence-electron chi connectivity index (χ1n) is 5.40. The Balaban J connectivity index is 1.99. The van der Waals surface area contributed by atoms with Gasteiger partial charge in [0.15, 0.2) is 5.65 Å². The summed E-state index contributed by atoms with van der Waals surface area (Å²) in [6.07, 6.45) is 3.06. The Hall–Kier alpha value is -2.35. The number of ether oxygens (including phenoxy) is 1. The maximum absolute atomic E-state index is 5.73. The van der Waals surface area contributed by atoms with Crippen molar-refractivity contribution >= 4 is 28.6 Å². The molecule has 3 aromatic rings. The summed E-state index contributed by atoms with van der Waals surface area (Å²) >= 11 is 1.39. The molecule has 0 atom stereocenters. The Labute approximate surface area is 112 Å². The van der Waals surface area contributed by atoms with Gasteiger partial charge in [0, 0.05) is 0 Å². The number of nitrogen functional groups attached to an aromatic ring is 1. The number of pyridine rings is 1. The van der Waals surface area contributed by atoms with E-state index in [1.807, 2.05) is 6.07 Å². The minimum Gasteiger partial charge on any atom is -0.480 e. The van der Waals surface area contributed by atoms with Crippen LogP contribution in [0.2, 0.25) is 0 Å². The van der Waals surface area contributed by atoms with Crippen molar-refractivity contribution < 1.29 is 4.74 Å². The van der Waals surface area contributed by atoms with Gasteiger partial charge in [0.25, 0.3) is 0 Å². The molecule has 0 fully saturated rings. The van der Waals surface area contributed by atoms with Crippen molar-refractivity contribution in [1.29, 1.82) is 0 Å². The number of nitrogens with two attached hydrogens (primary N) is 1. The third kappa shape index (κ3) is 2.17. The number of aromatic amines is 1. The summed E-state index contributed by atoms with van der Waals surface area (Å²) in [5.74, 6) is 0.403. The largest absolute Gasteiger partial charge is 0.480 e. The first-order chi connectivity index (χ1) is 9.28. The second-order valence-electron chi connectivity index (χ2n) is 3.63. The summed E-state index contributed by atoms with van der Waals surface area (Å²) in [4.78, 5) is 19.7. The zero-order chi connectivity index (χ0) is 13.2. The highest BCUT2D eigenvalue weighted by Gasteiger charge is 2.10. The monoisotopic (exact) mass is 274 g/mol. The number of methoxy groups -OCH3 is 1. The zero-order valence-electron chi connectivity index (χ0n) is 9.99. The van der Waals surface area contributed by atoms with Gasteiger partial charge in [-0.2, -0.15) is 0 Å². The van der Waals surface area contributed by atoms with Gasteiger partial charge in [-0.1, -0.05) is 0 Å². The van der Waals surface area contributed by atoms with Gasteiger partial charge in [0.05, 0.1) is 19.1 Å². The minimum atomic E-state index is 0.403. The van der Waals surface area contributed by atoms with E-state index >= 15 is 0 Å². The van der Waals surface area contributed by atoms with Crippen LogP contribution in [0.4, 0.5) is 5.69 Å². The van der Waals surface area contributed by atoms with Gasteiger partial charge in [-0.05, 0) is 23.9 Å². The fraction of sp³-hybridized carbons (Fsp3) is 0.0909. The number of anilines is 1. The normalized spacial score (nSPS) is 10.8. The molecule has 19 heavy (non-hydrogen) atoms. The number of hydrogen-bond acceptors (Lipinski definition) is 7. The van der Waals surface area contributed by atoms with Crippen LogP contribution in [0.3, 0.4) is 0 Å². The predicted molar refractivity (Wildman–Crippen MR) is 71.0 cm³/mol. The van der Waals surface area contributed by atoms with Crippen LogP contribution < -0.4 is 10.5 Å². The van der Waals surface area contributed by atoms with Crippen molar-refractivity contribution in [2.75, 3.05) is 12.8 Å². The number of nitrogens with one attached hydrogen (secondary N) is 1. The predicted octanol–water partition coefficient (Wildman–Crippen LogP) is 1.49. The average Bonchev–Trinajstić information content (AvgIpc) is 2.90. The molecule has 0 bridgehead atoms. The Kier molecular flexibility index (Phi) is 2.92. The van der Waals surface area contributed by atoms with Gasteiger partial charge in [-0.15, -0.1) is 0 Å². The molecule has 0 spiro atoms. The maximum atomic E-state index is 5.73. The lowest BCUT2D eigenvalue weighted by Crippen LogP contribution is -1.96. The molecule has 0 unspecified atom stereocenters. The topological polar surface area (TPSA) is 103 Å². The van der Waals surface area contributed by atoms with Crippen LogP contribution in [0.1, 0.15) is 0 Å². The van der Waals surface area contributed by atoms with Crippen molar-refractivity contribution in [1.82, 2.24) is 24.9 Å². The van der Waals surface area contributed by atoms with Gasteiger partial charge in [-0.25, -0.2) is 19.9 Å². The van der Waals surface area contributed by atoms with E-state index in [1.165, 1.54) is 25.2 Å². The third-order valence-electron chi connectivity index (χ3n) is 2.45. The quantitative estimate of drug-likeness (QED) is 0.697. The van der Waals surface area contributed by atoms with E-state index in [9.17, 15) is 0 Å². The summed E-state index contributed by atoms with van der Waals surface area (Å²) < 4.78 is 5.09. The Morgan fingerprint density at radius 3 is 3.00 bits per heavy atom. The van der Waals surface area contributed by atoms with Gasteiger partial charge in [0.1, 0.15) is 21.9 Å². The molecule has 8 heteroatoms. The minimum absolute atomic E-state index is 0.403. The van der Waals surface area contributed by atoms with Crippen LogP contribution in [0.15, 0.2) is 34.8 Å². The Morgan fingerprint density at radius 2 is 2.16 bits per heavy atom. The molecule has 3 N–H and O–H groups in total. The molecular formula is C11H10N6OS. The van der Waals surface area contributed by atoms with Crippen molar-refractivity contribution in [3.05, 3.63) is 24.8 Å². The van der Waals surface area contributed by atoms with Crippen LogP contribution in [-0.2, 0) is 0 Å². The van der Waals surface area contributed by atoms with Gasteiger partial charge in [0.2, 0.25) is 5.88 Å². The summed E-state index contributed by atoms with van der Waals surface area (Å²) in [6.45, 7) is 0. The zero-order valence-corrected chi connectivity index (χ0v) is 10.8. The van der Waals surface area contributed by atoms with Gasteiger partial charge >= 0.3 is 0 Å². The average molecular weight is 274 g/mol. The first kappa shape index (κ1) is 11.7. The summed E-state index contributed by atoms with van der Waals surface area (Å²) in [5.41, 5.74) is 7.64. The second-order valence-corrected chi connectivity index (χ2v) is 4.64. The summed E-state index contributed by atoms with van der Waals surface area (Å²) in [7, 11) is 1.53. The summed E-state index contributed by atoms with van der Waals surface area (Å²) in [5, 5.41) is 1.49. The Bertz CT molecular complexity index is 728. The van der Waals surface area contributed by atoms with Gasteiger partial charge < -0.3 is 15.5 Å². The number of imidazole rings is 1. The van der Waals surface area contributed by atoms with E-state index in [4.69, 9.17) is 10.5 Å². The smallest absolute Gasteiger partial charge is 0.237 e. The van der Waals surface area contributed by atoms with Crippen LogP contribution >= 0.6 is 11.8 Å². The second kappa shape index (κ2) is 4.73. The van der Waals surface area contributed by atoms with Crippen LogP contribution in [0.5, 0.6) is 5.88 Å². The molecule has 0 aliphatic heterocycles. The number of nitrogens with zero attached hydrogens (tertiary/aromatic N) is 4. The van der Waals surface area contributed by atoms with Crippen LogP contribution in [0.25, 0.3) is 11.2 Å². The number of aromatic nitrogens is 5. The number of rotatable bonds is 3. The van der Waals surface area contributed by atoms with Crippen LogP contribution in [0, 0.1) is 0 Å². The lowest BCUT2D eigenvalue weighted by molar-refractivity contribution is 0.397. The molecule has 0 aliphatic rings. The van der Waals surface area contributed by atoms with E-state index in [1.54, 1.807) is 12.4 Å². The fourth-order valence-corrected chi connectivity index (χ4v) is 2.39. The number of fused-ring (bicyclic) bond motifs is 1. The Morgan fingerprint density at radius 1 is 1.26 bits per heavy atom. The van der Waals surface area contributed by atoms with Crippen LogP contribution in [-0.4, -0.2) is 32.0 Å². The fourth-order valence-electron chi connectivity index (χ4n) is 1.57. The lowest BCUT2D eigenvalue weighted by atomic mass is 10.4. The number of H-pyrrole nitrogens is 1. The molecule has 3 rings (SSSR count). The van der Waals surface area contributed by atoms with E-state index in [2.05, 4.69) is 24.9 Å². The molecule has 7 nitrogen and oxygen atoms in total. The first-order valence-corrected chi connectivity index (χ1v) is 6.22. The third-order valence-corrected chi connectivity index (χ3v) is 3.39. The highest BCUT2D eigenvalue weighted by atomic mass is 32.2. The standard InChI is InChI=1S/C11H10N6OS/c1-18-10-6(12)2-3-7(17-10)19-11-8-9(14-4-13-8)15-5-16-11/h2-5H,12H2,1H3,(H,13,14,15,16). The van der Waals surface area contributed by atoms with Crippen molar-refractivity contribution in [3.63, 3.8) is 0 Å². The maximum Gasteiger partial charge on any atom is 0.237 e. The van der Waals surface area contributed by atoms with E-state index in [-0.39, 0.29) is 0 Å². The molecule has 0 amide bonds. The molecule has 0 radical (unpaired) electrons. The van der Waals surface area contributed by atoms with E-state index < -0.39 is 0 Å². The SMILES string of the molecule is COc1nc(Sc2ncnc3nc[nH]c23)ccc1N.